The van der Waals surface area contributed by atoms with Crippen LogP contribution in [0, 0.1) is 0 Å². The van der Waals surface area contributed by atoms with Gasteiger partial charge in [-0.05, 0) is 212 Å². The van der Waals surface area contributed by atoms with Crippen LogP contribution in [-0.2, 0) is 87.9 Å². The zero-order chi connectivity index (χ0) is 82.2. The summed E-state index contributed by atoms with van der Waals surface area (Å²) in [6.45, 7) is 14.4. The maximum absolute atomic E-state index is 10.3. The minimum Gasteiger partial charge on any atom is -0.508 e. The number of phenolic OH excluding ortho intramolecular Hbond substituents is 2. The van der Waals surface area contributed by atoms with E-state index in [-0.39, 0.29) is 33.8 Å². The molecule has 0 saturated heterocycles. The van der Waals surface area contributed by atoms with Crippen LogP contribution in [0.4, 0.5) is 0 Å². The molecule has 22 rings (SSSR count). The third kappa shape index (κ3) is 15.8. The molecule has 120 heavy (non-hydrogen) atoms. The number of rotatable bonds is 8. The summed E-state index contributed by atoms with van der Waals surface area (Å²) in [4.78, 5) is 65.5. The number of benzene rings is 5. The number of aromatic hydroxyl groups is 2. The lowest BCUT2D eigenvalue weighted by Gasteiger charge is -2.36. The molecular formula is C95H93N15O8S2. The van der Waals surface area contributed by atoms with Gasteiger partial charge in [-0.3, -0.25) is 0 Å². The van der Waals surface area contributed by atoms with E-state index in [2.05, 4.69) is 131 Å². The average molecular weight is 1640 g/mol. The molecule has 10 aliphatic rings. The molecule has 7 aromatic heterocycles. The first-order valence-corrected chi connectivity index (χ1v) is 42.8. The molecule has 5 aliphatic heterocycles. The summed E-state index contributed by atoms with van der Waals surface area (Å²) >= 11 is 3.53. The Hall–Kier alpha value is -12.4. The van der Waals surface area contributed by atoms with E-state index in [1.54, 1.807) is 60.9 Å². The molecule has 0 radical (unpaired) electrons. The van der Waals surface area contributed by atoms with Crippen LogP contribution in [0.3, 0.4) is 0 Å². The Bertz CT molecular complexity index is 5840. The van der Waals surface area contributed by atoms with Crippen LogP contribution in [-0.4, -0.2) is 157 Å². The second-order valence-electron chi connectivity index (χ2n) is 32.8. The zero-order valence-electron chi connectivity index (χ0n) is 68.3. The second-order valence-corrected chi connectivity index (χ2v) is 34.4. The van der Waals surface area contributed by atoms with Crippen LogP contribution in [0.1, 0.15) is 129 Å². The fourth-order valence-corrected chi connectivity index (χ4v) is 20.8. The number of fused-ring (bicyclic) bond motifs is 5. The first-order chi connectivity index (χ1) is 58.4. The van der Waals surface area contributed by atoms with Crippen LogP contribution in [0.5, 0.6) is 17.2 Å². The predicted molar refractivity (Wildman–Crippen MR) is 468 cm³/mol. The van der Waals surface area contributed by atoms with Crippen LogP contribution in [0.25, 0.3) is 77.9 Å². The molecule has 2 N–H and O–H groups in total. The van der Waals surface area contributed by atoms with Gasteiger partial charge in [-0.2, -0.15) is 22.7 Å². The Kier molecular flexibility index (Phi) is 21.7. The third-order valence-electron chi connectivity index (χ3n) is 25.2. The number of methoxy groups -OCH3 is 1. The molecule has 0 amide bonds. The smallest absolute Gasteiger partial charge is 0.181 e. The number of hydrogen-bond acceptors (Lipinski definition) is 25. The summed E-state index contributed by atoms with van der Waals surface area (Å²) < 4.78 is 34.1. The molecule has 5 aromatic carbocycles. The van der Waals surface area contributed by atoms with Crippen molar-refractivity contribution < 1.29 is 38.6 Å². The molecule has 5 aliphatic carbocycles. The van der Waals surface area contributed by atoms with Gasteiger partial charge in [0.2, 0.25) is 0 Å². The highest BCUT2D eigenvalue weighted by atomic mass is 32.1. The number of aromatic nitrogens is 10. The Balaban J connectivity index is 0.000000103. The maximum Gasteiger partial charge on any atom is 0.181 e. The summed E-state index contributed by atoms with van der Waals surface area (Å²) in [5, 5.41) is 29.5. The van der Waals surface area contributed by atoms with Gasteiger partial charge in [0.1, 0.15) is 109 Å². The fourth-order valence-electron chi connectivity index (χ4n) is 19.4. The molecule has 0 saturated carbocycles. The Labute approximate surface area is 705 Å². The highest BCUT2D eigenvalue weighted by Crippen LogP contribution is 2.50. The van der Waals surface area contributed by atoms with E-state index in [0.29, 0.717) is 44.2 Å². The minimum atomic E-state index is -0.208. The van der Waals surface area contributed by atoms with E-state index in [0.717, 1.165) is 175 Å². The van der Waals surface area contributed by atoms with Crippen molar-refractivity contribution in [2.45, 2.75) is 172 Å². The molecule has 0 fully saturated rings. The lowest BCUT2D eigenvalue weighted by Crippen LogP contribution is -2.41. The van der Waals surface area contributed by atoms with E-state index in [9.17, 15) is 10.2 Å². The quantitative estimate of drug-likeness (QED) is 0.143. The third-order valence-corrected chi connectivity index (χ3v) is 26.6. The summed E-state index contributed by atoms with van der Waals surface area (Å²) in [5.41, 5.74) is 28.0. The molecule has 25 heteroatoms. The number of nitrogens with zero attached hydrogens (tertiary/aromatic N) is 15. The largest absolute Gasteiger partial charge is 0.508 e. The molecule has 23 nitrogen and oxygen atoms in total. The Morgan fingerprint density at radius 1 is 0.325 bits per heavy atom. The second kappa shape index (κ2) is 33.1. The molecule has 12 aromatic rings. The number of thiophene rings is 2. The Morgan fingerprint density at radius 2 is 0.617 bits per heavy atom. The van der Waals surface area contributed by atoms with Crippen molar-refractivity contribution in [3.05, 3.63) is 244 Å². The SMILES string of the molecule is CC1=NC2(CCc3c(-c4ccsc4)ccc(-c4ccsc4)c3C2)CO1.CC1=NC2(CCc3c(-c4cncnc4)ccc(-c4cncnc4)c3C2)CO1.CC1=N[C@@]2(CCc3c(-c4cncnc4)ccc(O)c3C2)CO1.CC1=N[C@]2(CCc3c(-c4cncnc4)ccc(O)c3C2)CO1.COc1ccc(-c2cncnc2)c2c1CC1(CC2)N=C(C)OC1C. The summed E-state index contributed by atoms with van der Waals surface area (Å²) in [5.74, 6) is 5.52. The van der Waals surface area contributed by atoms with Crippen LogP contribution >= 0.6 is 22.7 Å². The molecule has 6 atom stereocenters. The highest BCUT2D eigenvalue weighted by molar-refractivity contribution is 7.08. The fraction of sp³-hybridized carbons (Fsp3) is 0.337. The Morgan fingerprint density at radius 3 is 0.925 bits per heavy atom. The lowest BCUT2D eigenvalue weighted by molar-refractivity contribution is 0.140. The number of hydrogen-bond donors (Lipinski definition) is 2. The van der Waals surface area contributed by atoms with Crippen molar-refractivity contribution in [2.75, 3.05) is 33.5 Å². The first kappa shape index (κ1) is 78.8. The van der Waals surface area contributed by atoms with Gasteiger partial charge in [0.15, 0.2) is 29.5 Å². The van der Waals surface area contributed by atoms with Crippen molar-refractivity contribution >= 4 is 52.2 Å². The zero-order valence-corrected chi connectivity index (χ0v) is 69.9. The van der Waals surface area contributed by atoms with E-state index in [1.165, 1.54) is 96.1 Å². The topological polar surface area (TPSA) is 287 Å². The van der Waals surface area contributed by atoms with Crippen molar-refractivity contribution in [3.63, 3.8) is 0 Å². The molecular weight excluding hydrogens is 1540 g/mol. The van der Waals surface area contributed by atoms with Crippen molar-refractivity contribution in [1.29, 1.82) is 0 Å². The monoisotopic (exact) mass is 1640 g/mol. The van der Waals surface area contributed by atoms with Gasteiger partial charge >= 0.3 is 0 Å². The average Bonchev–Trinajstić information content (AvgIpc) is 1.48. The van der Waals surface area contributed by atoms with E-state index in [4.69, 9.17) is 43.4 Å². The highest BCUT2D eigenvalue weighted by Gasteiger charge is 2.48. The van der Waals surface area contributed by atoms with Crippen LogP contribution in [0.15, 0.2) is 213 Å². The van der Waals surface area contributed by atoms with Crippen molar-refractivity contribution in [2.24, 2.45) is 25.0 Å². The number of ether oxygens (including phenoxy) is 6. The van der Waals surface area contributed by atoms with Crippen LogP contribution < -0.4 is 4.74 Å². The van der Waals surface area contributed by atoms with Gasteiger partial charge in [0.05, 0.1) is 7.11 Å². The van der Waals surface area contributed by atoms with Gasteiger partial charge in [-0.25, -0.2) is 74.8 Å². The van der Waals surface area contributed by atoms with E-state index in [1.807, 2.05) is 115 Å². The normalized spacial score (nSPS) is 22.7. The van der Waals surface area contributed by atoms with Gasteiger partial charge < -0.3 is 38.6 Å². The predicted octanol–water partition coefficient (Wildman–Crippen LogP) is 17.4. The summed E-state index contributed by atoms with van der Waals surface area (Å²) in [6, 6.07) is 25.0. The minimum absolute atomic E-state index is 0.0604. The molecule has 12 heterocycles. The number of phenols is 2. The van der Waals surface area contributed by atoms with E-state index >= 15 is 0 Å². The number of aliphatic imine (C=N–C) groups is 5. The molecule has 4 unspecified atom stereocenters. The van der Waals surface area contributed by atoms with Gasteiger partial charge in [-0.1, -0.05) is 42.5 Å². The molecule has 0 bridgehead atoms. The van der Waals surface area contributed by atoms with Crippen molar-refractivity contribution in [1.82, 2.24) is 49.8 Å². The van der Waals surface area contributed by atoms with Gasteiger partial charge in [0.25, 0.3) is 0 Å². The van der Waals surface area contributed by atoms with Crippen molar-refractivity contribution in [3.8, 4) is 95.1 Å². The van der Waals surface area contributed by atoms with E-state index < -0.39 is 0 Å². The van der Waals surface area contributed by atoms with Gasteiger partial charge in [0, 0.05) is 173 Å². The standard InChI is InChI=1S/C21H19N5O.C21H19NOS2.C19H21N3O2.2C17H17N3O2/c1-14-26-21(11-27-14)5-4-19-17(15-7-22-12-23-8-15)2-3-18(20(19)6-21)16-9-24-13-25-10-16;1-14-22-21(13-23-14)7-4-19-17(15-5-8-24-11-15)2-3-18(20(19)10-21)16-6-9-25-12-16;1-12-19(22-13(2)24-12)7-6-16-15(14-9-20-11-21-10-14)4-5-18(23-3)17(16)8-19;2*1-11-20-17(9-22-11)5-4-14-13(12-7-18-10-19-8-12)2-3-16(21)15(14)6-17/h2-3,7-10,12-13H,4-6,11H2,1H3;2-3,5-6,8-9,11-12H,4,7,10,13H2,1H3;4-5,9-12H,6-8H2,1-3H3;2*2-3,7-8,10,21H,4-6,9H2,1H3/t;;;2*17-/m...10/s1. The summed E-state index contributed by atoms with van der Waals surface area (Å²) in [7, 11) is 1.73. The van der Waals surface area contributed by atoms with Gasteiger partial charge in [-0.15, -0.1) is 0 Å². The molecule has 5 spiro atoms. The lowest BCUT2D eigenvalue weighted by atomic mass is 9.73. The molecule has 608 valence electrons. The van der Waals surface area contributed by atoms with Crippen LogP contribution in [0.2, 0.25) is 0 Å². The summed E-state index contributed by atoms with van der Waals surface area (Å²) in [6.07, 6.45) is 40.0. The maximum atomic E-state index is 10.3. The first-order valence-electron chi connectivity index (χ1n) is 40.9.